The summed E-state index contributed by atoms with van der Waals surface area (Å²) >= 11 is 0. The van der Waals surface area contributed by atoms with E-state index < -0.39 is 23.8 Å². The lowest BCUT2D eigenvalue weighted by atomic mass is 9.99. The minimum atomic E-state index is -0.880. The van der Waals surface area contributed by atoms with Gasteiger partial charge in [-0.25, -0.2) is 4.79 Å². The molecule has 1 amide bonds. The second-order valence-corrected chi connectivity index (χ2v) is 6.99. The van der Waals surface area contributed by atoms with Gasteiger partial charge in [0.15, 0.2) is 6.10 Å². The van der Waals surface area contributed by atoms with Gasteiger partial charge < -0.3 is 14.8 Å². The van der Waals surface area contributed by atoms with Crippen molar-refractivity contribution in [3.63, 3.8) is 0 Å². The molecule has 1 aromatic rings. The molecule has 0 heterocycles. The van der Waals surface area contributed by atoms with Crippen molar-refractivity contribution in [2.75, 3.05) is 6.54 Å². The van der Waals surface area contributed by atoms with Crippen molar-refractivity contribution in [1.82, 2.24) is 5.32 Å². The standard InChI is InChI=1S/C19H27NO5/c1-12-7-8-13(2)15(11-12)17(22)14(3)24-16(21)9-10-20-18(23)25-19(4,5)6/h7-8,11,14H,9-10H2,1-6H3,(H,20,23)/t14-/m1/s1. The number of rotatable bonds is 6. The van der Waals surface area contributed by atoms with E-state index >= 15 is 0 Å². The fourth-order valence-corrected chi connectivity index (χ4v) is 2.11. The van der Waals surface area contributed by atoms with Crippen molar-refractivity contribution in [2.45, 2.75) is 59.7 Å². The highest BCUT2D eigenvalue weighted by Crippen LogP contribution is 2.14. The largest absolute Gasteiger partial charge is 0.454 e. The van der Waals surface area contributed by atoms with Crippen LogP contribution in [0.3, 0.4) is 0 Å². The van der Waals surface area contributed by atoms with Crippen LogP contribution in [-0.2, 0) is 14.3 Å². The van der Waals surface area contributed by atoms with Gasteiger partial charge in [-0.1, -0.05) is 17.7 Å². The predicted octanol–water partition coefficient (Wildman–Crippen LogP) is 3.33. The Hall–Kier alpha value is -2.37. The molecular weight excluding hydrogens is 322 g/mol. The lowest BCUT2D eigenvalue weighted by molar-refractivity contribution is -0.146. The van der Waals surface area contributed by atoms with E-state index in [0.29, 0.717) is 5.56 Å². The van der Waals surface area contributed by atoms with E-state index in [2.05, 4.69) is 5.32 Å². The first-order valence-electron chi connectivity index (χ1n) is 8.27. The van der Waals surface area contributed by atoms with Crippen molar-refractivity contribution < 1.29 is 23.9 Å². The Morgan fingerprint density at radius 3 is 2.40 bits per heavy atom. The summed E-state index contributed by atoms with van der Waals surface area (Å²) in [6.45, 7) is 10.6. The van der Waals surface area contributed by atoms with Crippen LogP contribution in [-0.4, -0.2) is 36.1 Å². The number of amides is 1. The van der Waals surface area contributed by atoms with Crippen LogP contribution in [0.1, 0.15) is 55.6 Å². The molecule has 6 heteroatoms. The maximum absolute atomic E-state index is 12.4. The summed E-state index contributed by atoms with van der Waals surface area (Å²) in [7, 11) is 0. The molecule has 0 saturated heterocycles. The number of esters is 1. The SMILES string of the molecule is Cc1ccc(C)c(C(=O)[C@@H](C)OC(=O)CCNC(=O)OC(C)(C)C)c1. The van der Waals surface area contributed by atoms with E-state index in [-0.39, 0.29) is 18.7 Å². The molecule has 0 saturated carbocycles. The fraction of sp³-hybridized carbons (Fsp3) is 0.526. The number of ether oxygens (including phenoxy) is 2. The lowest BCUT2D eigenvalue weighted by Gasteiger charge is -2.19. The van der Waals surface area contributed by atoms with Crippen LogP contribution in [0.4, 0.5) is 4.79 Å². The second kappa shape index (κ2) is 8.65. The van der Waals surface area contributed by atoms with Crippen LogP contribution in [0.5, 0.6) is 0 Å². The average Bonchev–Trinajstić information content (AvgIpc) is 2.47. The Kier molecular flexibility index (Phi) is 7.15. The fourth-order valence-electron chi connectivity index (χ4n) is 2.11. The second-order valence-electron chi connectivity index (χ2n) is 6.99. The molecule has 0 radical (unpaired) electrons. The van der Waals surface area contributed by atoms with Gasteiger partial charge in [0.2, 0.25) is 5.78 Å². The first-order chi connectivity index (χ1) is 11.5. The number of hydrogen-bond acceptors (Lipinski definition) is 5. The molecule has 1 N–H and O–H groups in total. The molecule has 0 aliphatic rings. The summed E-state index contributed by atoms with van der Waals surface area (Å²) in [5.41, 5.74) is 1.75. The number of Topliss-reactive ketones (excluding diaryl/α,β-unsaturated/α-hetero) is 1. The topological polar surface area (TPSA) is 81.7 Å². The minimum Gasteiger partial charge on any atom is -0.454 e. The van der Waals surface area contributed by atoms with Gasteiger partial charge in [-0.2, -0.15) is 0 Å². The van der Waals surface area contributed by atoms with E-state index in [0.717, 1.165) is 11.1 Å². The molecule has 0 spiro atoms. The van der Waals surface area contributed by atoms with Crippen molar-refractivity contribution in [1.29, 1.82) is 0 Å². The zero-order chi connectivity index (χ0) is 19.2. The van der Waals surface area contributed by atoms with Gasteiger partial charge in [-0.3, -0.25) is 9.59 Å². The van der Waals surface area contributed by atoms with Crippen LogP contribution in [0, 0.1) is 13.8 Å². The van der Waals surface area contributed by atoms with Gasteiger partial charge >= 0.3 is 12.1 Å². The molecule has 138 valence electrons. The van der Waals surface area contributed by atoms with Crippen molar-refractivity contribution >= 4 is 17.8 Å². The maximum atomic E-state index is 12.4. The van der Waals surface area contributed by atoms with Crippen molar-refractivity contribution in [2.24, 2.45) is 0 Å². The van der Waals surface area contributed by atoms with E-state index in [1.165, 1.54) is 0 Å². The van der Waals surface area contributed by atoms with Crippen LogP contribution < -0.4 is 5.32 Å². The van der Waals surface area contributed by atoms with Gasteiger partial charge in [0.1, 0.15) is 5.60 Å². The molecule has 0 bridgehead atoms. The van der Waals surface area contributed by atoms with Crippen LogP contribution in [0.2, 0.25) is 0 Å². The van der Waals surface area contributed by atoms with E-state index in [1.54, 1.807) is 33.8 Å². The number of hydrogen-bond donors (Lipinski definition) is 1. The molecule has 0 aliphatic heterocycles. The minimum absolute atomic E-state index is 0.0380. The van der Waals surface area contributed by atoms with Crippen molar-refractivity contribution in [3.8, 4) is 0 Å². The molecular formula is C19H27NO5. The number of alkyl carbamates (subject to hydrolysis) is 1. The average molecular weight is 349 g/mol. The summed E-state index contributed by atoms with van der Waals surface area (Å²) in [6, 6.07) is 5.57. The van der Waals surface area contributed by atoms with Crippen LogP contribution in [0.25, 0.3) is 0 Å². The zero-order valence-corrected chi connectivity index (χ0v) is 15.8. The number of carbonyl (C=O) groups excluding carboxylic acids is 3. The highest BCUT2D eigenvalue weighted by atomic mass is 16.6. The third kappa shape index (κ3) is 7.37. The van der Waals surface area contributed by atoms with Gasteiger partial charge in [-0.15, -0.1) is 0 Å². The predicted molar refractivity (Wildman–Crippen MR) is 94.7 cm³/mol. The van der Waals surface area contributed by atoms with Gasteiger partial charge in [0.25, 0.3) is 0 Å². The van der Waals surface area contributed by atoms with E-state index in [1.807, 2.05) is 26.0 Å². The lowest BCUT2D eigenvalue weighted by Crippen LogP contribution is -2.34. The molecule has 0 unspecified atom stereocenters. The Bertz CT molecular complexity index is 646. The Balaban J connectivity index is 2.47. The number of benzene rings is 1. The molecule has 0 aliphatic carbocycles. The Labute approximate surface area is 148 Å². The summed E-state index contributed by atoms with van der Waals surface area (Å²) in [6.07, 6.45) is -1.52. The Morgan fingerprint density at radius 1 is 1.16 bits per heavy atom. The summed E-state index contributed by atoms with van der Waals surface area (Å²) in [5, 5.41) is 2.47. The molecule has 0 fully saturated rings. The van der Waals surface area contributed by atoms with Crippen LogP contribution >= 0.6 is 0 Å². The maximum Gasteiger partial charge on any atom is 0.407 e. The third-order valence-electron chi connectivity index (χ3n) is 3.33. The highest BCUT2D eigenvalue weighted by molar-refractivity contribution is 6.01. The van der Waals surface area contributed by atoms with Crippen LogP contribution in [0.15, 0.2) is 18.2 Å². The van der Waals surface area contributed by atoms with E-state index in [4.69, 9.17) is 9.47 Å². The first kappa shape index (κ1) is 20.7. The molecule has 0 aromatic heterocycles. The molecule has 1 aromatic carbocycles. The number of ketones is 1. The van der Waals surface area contributed by atoms with Gasteiger partial charge in [0, 0.05) is 12.1 Å². The highest BCUT2D eigenvalue weighted by Gasteiger charge is 2.21. The van der Waals surface area contributed by atoms with Gasteiger partial charge in [-0.05, 0) is 53.2 Å². The van der Waals surface area contributed by atoms with Gasteiger partial charge in [0.05, 0.1) is 6.42 Å². The monoisotopic (exact) mass is 349 g/mol. The molecule has 6 nitrogen and oxygen atoms in total. The smallest absolute Gasteiger partial charge is 0.407 e. The zero-order valence-electron chi connectivity index (χ0n) is 15.8. The normalized spacial score (nSPS) is 12.2. The summed E-state index contributed by atoms with van der Waals surface area (Å²) in [4.78, 5) is 35.8. The molecule has 1 atom stereocenters. The first-order valence-corrected chi connectivity index (χ1v) is 8.27. The quantitative estimate of drug-likeness (QED) is 0.629. The molecule has 1 rings (SSSR count). The Morgan fingerprint density at radius 2 is 1.80 bits per heavy atom. The summed E-state index contributed by atoms with van der Waals surface area (Å²) < 4.78 is 10.2. The third-order valence-corrected chi connectivity index (χ3v) is 3.33. The number of carbonyl (C=O) groups is 3. The van der Waals surface area contributed by atoms with E-state index in [9.17, 15) is 14.4 Å². The number of nitrogens with one attached hydrogen (secondary N) is 1. The number of aryl methyl sites for hydroxylation is 2. The van der Waals surface area contributed by atoms with Crippen molar-refractivity contribution in [3.05, 3.63) is 34.9 Å². The molecule has 25 heavy (non-hydrogen) atoms. The summed E-state index contributed by atoms with van der Waals surface area (Å²) in [5.74, 6) is -0.795.